The van der Waals surface area contributed by atoms with E-state index in [0.717, 1.165) is 11.9 Å². The molecule has 37 heavy (non-hydrogen) atoms. The highest BCUT2D eigenvalue weighted by Gasteiger charge is 2.30. The van der Waals surface area contributed by atoms with Crippen LogP contribution in [0.2, 0.25) is 0 Å². The first-order valence-electron chi connectivity index (χ1n) is 12.2. The smallest absolute Gasteiger partial charge is 0.354 e. The van der Waals surface area contributed by atoms with E-state index in [1.54, 1.807) is 36.4 Å². The van der Waals surface area contributed by atoms with Gasteiger partial charge >= 0.3 is 5.96 Å². The van der Waals surface area contributed by atoms with Crippen molar-refractivity contribution in [2.45, 2.75) is 46.2 Å². The van der Waals surface area contributed by atoms with E-state index in [1.165, 1.54) is 6.07 Å². The van der Waals surface area contributed by atoms with Crippen LogP contribution in [0.4, 0.5) is 0 Å². The first-order valence-corrected chi connectivity index (χ1v) is 12.2. The van der Waals surface area contributed by atoms with Crippen LogP contribution in [-0.4, -0.2) is 79.2 Å². The molecule has 9 heteroatoms. The van der Waals surface area contributed by atoms with E-state index in [9.17, 15) is 19.5 Å². The monoisotopic (exact) mass is 507 g/mol. The maximum Gasteiger partial charge on any atom is 0.354 e. The maximum atomic E-state index is 12.5. The molecule has 0 unspecified atom stereocenters. The molecule has 198 valence electrons. The standard InChI is InChI=1S/C16H10O4.C12H27N5/c17-13(18)8-9-4-3-7-12-14(9)16(20)11-6-2-1-5-10(11)15(12)19;1-9(2)13-11(14-10(3)4)15-12(16(5)6)17(7)8/h1-7H,8H2,(H,17,18);9-10H,1-8H3,(H,13,14). The zero-order valence-corrected chi connectivity index (χ0v) is 22.9. The van der Waals surface area contributed by atoms with E-state index < -0.39 is 5.97 Å². The fourth-order valence-corrected chi connectivity index (χ4v) is 3.89. The van der Waals surface area contributed by atoms with Gasteiger partial charge in [-0.05, 0) is 33.3 Å². The minimum absolute atomic E-state index is 0.181. The highest BCUT2D eigenvalue weighted by molar-refractivity contribution is 6.29. The Labute approximate surface area is 218 Å². The van der Waals surface area contributed by atoms with E-state index in [0.29, 0.717) is 22.7 Å². The van der Waals surface area contributed by atoms with Crippen LogP contribution in [0, 0.1) is 0 Å². The van der Waals surface area contributed by atoms with Crippen LogP contribution in [0.15, 0.2) is 47.5 Å². The number of rotatable bonds is 4. The first-order chi connectivity index (χ1) is 17.3. The molecule has 3 rings (SSSR count). The van der Waals surface area contributed by atoms with Crippen molar-refractivity contribution >= 4 is 29.5 Å². The number of aliphatic carboxylic acids is 1. The largest absolute Gasteiger partial charge is 0.550 e. The summed E-state index contributed by atoms with van der Waals surface area (Å²) < 4.78 is 2.03. The minimum Gasteiger partial charge on any atom is -0.550 e. The number of carbonyl (C=O) groups excluding carboxylic acids is 3. The zero-order valence-electron chi connectivity index (χ0n) is 22.9. The number of guanidine groups is 2. The molecule has 0 spiro atoms. The van der Waals surface area contributed by atoms with Crippen molar-refractivity contribution in [2.75, 3.05) is 28.2 Å². The molecule has 2 N–H and O–H groups in total. The molecule has 2 aromatic carbocycles. The van der Waals surface area contributed by atoms with E-state index in [2.05, 4.69) is 43.3 Å². The van der Waals surface area contributed by atoms with Gasteiger partial charge in [0.1, 0.15) is 0 Å². The second-order valence-corrected chi connectivity index (χ2v) is 9.70. The van der Waals surface area contributed by atoms with Crippen molar-refractivity contribution in [3.8, 4) is 0 Å². The average Bonchev–Trinajstić information content (AvgIpc) is 2.79. The van der Waals surface area contributed by atoms with Gasteiger partial charge in [-0.15, -0.1) is 0 Å². The first kappa shape index (κ1) is 29.2. The fourth-order valence-electron chi connectivity index (χ4n) is 3.89. The van der Waals surface area contributed by atoms with Gasteiger partial charge in [-0.2, -0.15) is 0 Å². The van der Waals surface area contributed by atoms with Crippen LogP contribution in [0.1, 0.15) is 65.1 Å². The van der Waals surface area contributed by atoms with Gasteiger partial charge in [0.2, 0.25) is 0 Å². The van der Waals surface area contributed by atoms with E-state index in [-0.39, 0.29) is 35.2 Å². The second kappa shape index (κ2) is 12.8. The summed E-state index contributed by atoms with van der Waals surface area (Å²) in [6, 6.07) is 11.8. The van der Waals surface area contributed by atoms with Gasteiger partial charge in [0, 0.05) is 46.7 Å². The Kier molecular flexibility index (Phi) is 10.1. The summed E-state index contributed by atoms with van der Waals surface area (Å²) in [6.45, 7) is 8.33. The Morgan fingerprint density at radius 1 is 0.946 bits per heavy atom. The van der Waals surface area contributed by atoms with Crippen LogP contribution in [0.5, 0.6) is 0 Å². The number of aliphatic imine (C=N–C) groups is 1. The average molecular weight is 508 g/mol. The van der Waals surface area contributed by atoms with Crippen LogP contribution in [0.3, 0.4) is 0 Å². The SMILES string of the molecule is CC(C)N=C(NC(N(C)C)=[N+](C)C)NC(C)C.O=C([O-])Cc1cccc2c1C(=O)c1ccccc1C2=O. The lowest BCUT2D eigenvalue weighted by Crippen LogP contribution is -2.51. The molecule has 0 saturated heterocycles. The molecular weight excluding hydrogens is 470 g/mol. The molecule has 0 aliphatic heterocycles. The van der Waals surface area contributed by atoms with Crippen molar-refractivity contribution in [2.24, 2.45) is 4.99 Å². The second-order valence-electron chi connectivity index (χ2n) is 9.70. The molecular formula is C28H37N5O4. The topological polar surface area (TPSA) is 117 Å². The number of fused-ring (bicyclic) bond motifs is 2. The Hall–Kier alpha value is -4.01. The van der Waals surface area contributed by atoms with E-state index in [4.69, 9.17) is 0 Å². The third-order valence-electron chi connectivity index (χ3n) is 5.26. The van der Waals surface area contributed by atoms with Crippen LogP contribution in [-0.2, 0) is 11.2 Å². The quantitative estimate of drug-likeness (QED) is 0.310. The van der Waals surface area contributed by atoms with E-state index in [1.807, 2.05) is 37.7 Å². The highest BCUT2D eigenvalue weighted by Crippen LogP contribution is 2.29. The summed E-state index contributed by atoms with van der Waals surface area (Å²) in [5, 5.41) is 17.4. The van der Waals surface area contributed by atoms with Gasteiger partial charge in [0.05, 0.1) is 28.2 Å². The Morgan fingerprint density at radius 2 is 1.51 bits per heavy atom. The van der Waals surface area contributed by atoms with Crippen LogP contribution in [0.25, 0.3) is 0 Å². The van der Waals surface area contributed by atoms with Gasteiger partial charge in [0.15, 0.2) is 11.6 Å². The molecule has 0 bridgehead atoms. The predicted octanol–water partition coefficient (Wildman–Crippen LogP) is 1.28. The zero-order chi connectivity index (χ0) is 27.9. The number of ketones is 2. The number of hydrogen-bond donors (Lipinski definition) is 2. The van der Waals surface area contributed by atoms with Crippen molar-refractivity contribution in [1.29, 1.82) is 0 Å². The van der Waals surface area contributed by atoms with Gasteiger partial charge in [-0.25, -0.2) is 10.3 Å². The normalized spacial score (nSPS) is 12.3. The summed E-state index contributed by atoms with van der Waals surface area (Å²) >= 11 is 0. The molecule has 0 heterocycles. The summed E-state index contributed by atoms with van der Waals surface area (Å²) in [5.74, 6) is -0.0371. The van der Waals surface area contributed by atoms with Gasteiger partial charge < -0.3 is 15.2 Å². The number of nitrogens with zero attached hydrogens (tertiary/aromatic N) is 3. The number of benzene rings is 2. The lowest BCUT2D eigenvalue weighted by atomic mass is 9.81. The molecule has 9 nitrogen and oxygen atoms in total. The Morgan fingerprint density at radius 3 is 2.00 bits per heavy atom. The number of hydrogen-bond acceptors (Lipinski definition) is 5. The molecule has 0 fully saturated rings. The van der Waals surface area contributed by atoms with Gasteiger partial charge in [0.25, 0.3) is 5.96 Å². The van der Waals surface area contributed by atoms with Crippen molar-refractivity contribution in [1.82, 2.24) is 15.5 Å². The predicted molar refractivity (Wildman–Crippen MR) is 143 cm³/mol. The summed E-state index contributed by atoms with van der Waals surface area (Å²) in [5.41, 5.74) is 1.43. The lowest BCUT2D eigenvalue weighted by Gasteiger charge is -2.20. The molecule has 1 aliphatic carbocycles. The molecule has 0 aromatic heterocycles. The minimum atomic E-state index is -1.28. The lowest BCUT2D eigenvalue weighted by molar-refractivity contribution is -0.471. The number of carbonyl (C=O) groups is 3. The Bertz CT molecular complexity index is 1220. The third kappa shape index (κ3) is 7.73. The van der Waals surface area contributed by atoms with Gasteiger partial charge in [-0.3, -0.25) is 19.1 Å². The summed E-state index contributed by atoms with van der Waals surface area (Å²) in [4.78, 5) is 42.2. The fraction of sp³-hybridized carbons (Fsp3) is 0.393. The number of carboxylic acid groups (broad SMARTS) is 1. The van der Waals surface area contributed by atoms with Crippen molar-refractivity contribution in [3.05, 3.63) is 70.3 Å². The van der Waals surface area contributed by atoms with Gasteiger partial charge in [-0.1, -0.05) is 42.5 Å². The van der Waals surface area contributed by atoms with Crippen molar-refractivity contribution in [3.63, 3.8) is 0 Å². The van der Waals surface area contributed by atoms with E-state index >= 15 is 0 Å². The third-order valence-corrected chi connectivity index (χ3v) is 5.26. The molecule has 1 aliphatic rings. The molecule has 0 atom stereocenters. The Balaban J connectivity index is 0.000000265. The molecule has 2 aromatic rings. The summed E-state index contributed by atoms with van der Waals surface area (Å²) in [6.07, 6.45) is -0.385. The molecule has 0 amide bonds. The summed E-state index contributed by atoms with van der Waals surface area (Å²) in [7, 11) is 8.02. The maximum absolute atomic E-state index is 12.5. The van der Waals surface area contributed by atoms with Crippen molar-refractivity contribution < 1.29 is 24.1 Å². The molecule has 0 saturated carbocycles. The number of carboxylic acids is 1. The highest BCUT2D eigenvalue weighted by atomic mass is 16.4. The van der Waals surface area contributed by atoms with Crippen LogP contribution >= 0.6 is 0 Å². The number of nitrogens with one attached hydrogen (secondary N) is 2. The van der Waals surface area contributed by atoms with Crippen LogP contribution < -0.4 is 15.7 Å². The molecule has 0 radical (unpaired) electrons.